The fourth-order valence-electron chi connectivity index (χ4n) is 2.47. The largest absolute Gasteiger partial charge is 0.382 e. The van der Waals surface area contributed by atoms with Crippen LogP contribution in [-0.2, 0) is 7.05 Å². The summed E-state index contributed by atoms with van der Waals surface area (Å²) < 4.78 is 1.72. The Labute approximate surface area is 107 Å². The third-order valence-electron chi connectivity index (χ3n) is 3.82. The molecule has 0 aliphatic heterocycles. The van der Waals surface area contributed by atoms with Crippen molar-refractivity contribution in [3.05, 3.63) is 53.3 Å². The van der Waals surface area contributed by atoms with E-state index in [2.05, 4.69) is 17.2 Å². The maximum atomic E-state index is 10.3. The number of rotatable bonds is 3. The van der Waals surface area contributed by atoms with Gasteiger partial charge in [-0.3, -0.25) is 4.68 Å². The first-order valence-electron chi connectivity index (χ1n) is 6.51. The van der Waals surface area contributed by atoms with Gasteiger partial charge in [0, 0.05) is 13.2 Å². The van der Waals surface area contributed by atoms with Gasteiger partial charge in [-0.25, -0.2) is 0 Å². The molecule has 3 nitrogen and oxygen atoms in total. The minimum atomic E-state index is -0.619. The lowest BCUT2D eigenvalue weighted by molar-refractivity contribution is 0.214. The van der Waals surface area contributed by atoms with Crippen LogP contribution in [0.3, 0.4) is 0 Å². The molecule has 1 saturated carbocycles. The van der Waals surface area contributed by atoms with Crippen molar-refractivity contribution in [3.8, 4) is 0 Å². The van der Waals surface area contributed by atoms with Crippen molar-refractivity contribution < 1.29 is 5.11 Å². The standard InChI is InChI=1S/C15H18N2O/c1-17-9-8-14(16-17)15(18)13-7-3-6-12(10-13)11-4-2-5-11/h3,6-11,15,18H,2,4-5H2,1H3. The minimum Gasteiger partial charge on any atom is -0.382 e. The van der Waals surface area contributed by atoms with Crippen LogP contribution in [0, 0.1) is 0 Å². The molecular weight excluding hydrogens is 224 g/mol. The predicted molar refractivity (Wildman–Crippen MR) is 70.3 cm³/mol. The Morgan fingerprint density at radius 3 is 2.78 bits per heavy atom. The Balaban J connectivity index is 1.86. The highest BCUT2D eigenvalue weighted by atomic mass is 16.3. The monoisotopic (exact) mass is 242 g/mol. The van der Waals surface area contributed by atoms with Gasteiger partial charge in [0.25, 0.3) is 0 Å². The van der Waals surface area contributed by atoms with Crippen LogP contribution in [0.2, 0.25) is 0 Å². The summed E-state index contributed by atoms with van der Waals surface area (Å²) in [7, 11) is 1.86. The topological polar surface area (TPSA) is 38.0 Å². The summed E-state index contributed by atoms with van der Waals surface area (Å²) in [4.78, 5) is 0. The molecule has 0 spiro atoms. The second-order valence-corrected chi connectivity index (χ2v) is 5.11. The van der Waals surface area contributed by atoms with Crippen molar-refractivity contribution in [2.45, 2.75) is 31.3 Å². The van der Waals surface area contributed by atoms with Gasteiger partial charge in [-0.2, -0.15) is 5.10 Å². The Hall–Kier alpha value is -1.61. The summed E-state index contributed by atoms with van der Waals surface area (Å²) in [5, 5.41) is 14.6. The molecule has 18 heavy (non-hydrogen) atoms. The summed E-state index contributed by atoms with van der Waals surface area (Å²) in [5.41, 5.74) is 3.01. The average molecular weight is 242 g/mol. The van der Waals surface area contributed by atoms with Crippen LogP contribution >= 0.6 is 0 Å². The summed E-state index contributed by atoms with van der Waals surface area (Å²) in [5.74, 6) is 0.695. The van der Waals surface area contributed by atoms with Gasteiger partial charge in [-0.15, -0.1) is 0 Å². The molecule has 3 rings (SSSR count). The molecule has 1 aromatic carbocycles. The van der Waals surface area contributed by atoms with Crippen molar-refractivity contribution in [2.75, 3.05) is 0 Å². The number of aliphatic hydroxyl groups is 1. The Morgan fingerprint density at radius 1 is 1.33 bits per heavy atom. The van der Waals surface area contributed by atoms with Crippen molar-refractivity contribution in [3.63, 3.8) is 0 Å². The molecule has 1 aliphatic rings. The molecular formula is C15H18N2O. The zero-order valence-electron chi connectivity index (χ0n) is 10.6. The minimum absolute atomic E-state index is 0.619. The third kappa shape index (κ3) is 2.06. The molecule has 1 atom stereocenters. The summed E-state index contributed by atoms with van der Waals surface area (Å²) >= 11 is 0. The van der Waals surface area contributed by atoms with E-state index in [-0.39, 0.29) is 0 Å². The maximum absolute atomic E-state index is 10.3. The SMILES string of the molecule is Cn1ccc(C(O)c2cccc(C3CCC3)c2)n1. The Bertz CT molecular complexity index is 543. The van der Waals surface area contributed by atoms with Gasteiger partial charge in [-0.1, -0.05) is 30.7 Å². The van der Waals surface area contributed by atoms with E-state index in [4.69, 9.17) is 0 Å². The van der Waals surface area contributed by atoms with Crippen LogP contribution in [0.1, 0.15) is 48.1 Å². The molecule has 1 unspecified atom stereocenters. The fraction of sp³-hybridized carbons (Fsp3) is 0.400. The number of nitrogens with zero attached hydrogens (tertiary/aromatic N) is 2. The number of benzene rings is 1. The highest BCUT2D eigenvalue weighted by Gasteiger charge is 2.21. The van der Waals surface area contributed by atoms with Crippen molar-refractivity contribution in [1.29, 1.82) is 0 Å². The second kappa shape index (κ2) is 4.58. The van der Waals surface area contributed by atoms with Crippen LogP contribution in [0.4, 0.5) is 0 Å². The van der Waals surface area contributed by atoms with Crippen molar-refractivity contribution in [1.82, 2.24) is 9.78 Å². The van der Waals surface area contributed by atoms with Crippen LogP contribution in [0.5, 0.6) is 0 Å². The van der Waals surface area contributed by atoms with E-state index in [1.807, 2.05) is 31.4 Å². The van der Waals surface area contributed by atoms with Crippen LogP contribution in [-0.4, -0.2) is 14.9 Å². The molecule has 3 heteroatoms. The Kier molecular flexibility index (Phi) is 2.92. The number of aliphatic hydroxyl groups excluding tert-OH is 1. The summed E-state index contributed by atoms with van der Waals surface area (Å²) in [6, 6.07) is 10.2. The average Bonchev–Trinajstić information content (AvgIpc) is 2.73. The molecule has 0 saturated heterocycles. The summed E-state index contributed by atoms with van der Waals surface area (Å²) in [6.07, 6.45) is 5.13. The second-order valence-electron chi connectivity index (χ2n) is 5.11. The molecule has 0 amide bonds. The first-order valence-corrected chi connectivity index (χ1v) is 6.51. The number of aryl methyl sites for hydroxylation is 1. The molecule has 1 aliphatic carbocycles. The van der Waals surface area contributed by atoms with Gasteiger partial charge in [0.15, 0.2) is 0 Å². The van der Waals surface area contributed by atoms with Gasteiger partial charge >= 0.3 is 0 Å². The highest BCUT2D eigenvalue weighted by Crippen LogP contribution is 2.37. The summed E-state index contributed by atoms with van der Waals surface area (Å²) in [6.45, 7) is 0. The van der Waals surface area contributed by atoms with Crippen LogP contribution < -0.4 is 0 Å². The molecule has 1 heterocycles. The van der Waals surface area contributed by atoms with Gasteiger partial charge < -0.3 is 5.11 Å². The van der Waals surface area contributed by atoms with E-state index < -0.39 is 6.10 Å². The quantitative estimate of drug-likeness (QED) is 0.898. The molecule has 1 N–H and O–H groups in total. The normalized spacial score (nSPS) is 17.4. The molecule has 0 bridgehead atoms. The Morgan fingerprint density at radius 2 is 2.17 bits per heavy atom. The van der Waals surface area contributed by atoms with E-state index >= 15 is 0 Å². The molecule has 94 valence electrons. The number of aromatic nitrogens is 2. The van der Waals surface area contributed by atoms with E-state index in [1.54, 1.807) is 4.68 Å². The van der Waals surface area contributed by atoms with Gasteiger partial charge in [0.2, 0.25) is 0 Å². The molecule has 0 radical (unpaired) electrons. The van der Waals surface area contributed by atoms with Gasteiger partial charge in [0.1, 0.15) is 6.10 Å². The van der Waals surface area contributed by atoms with Crippen LogP contribution in [0.15, 0.2) is 36.5 Å². The lowest BCUT2D eigenvalue weighted by Crippen LogP contribution is -2.10. The first-order chi connectivity index (χ1) is 8.74. The highest BCUT2D eigenvalue weighted by molar-refractivity contribution is 5.32. The van der Waals surface area contributed by atoms with E-state index in [9.17, 15) is 5.11 Å². The first kappa shape index (κ1) is 11.5. The van der Waals surface area contributed by atoms with E-state index in [1.165, 1.54) is 24.8 Å². The van der Waals surface area contributed by atoms with E-state index in [0.29, 0.717) is 11.6 Å². The van der Waals surface area contributed by atoms with E-state index in [0.717, 1.165) is 5.56 Å². The number of hydrogen-bond donors (Lipinski definition) is 1. The van der Waals surface area contributed by atoms with Crippen molar-refractivity contribution in [2.24, 2.45) is 7.05 Å². The lowest BCUT2D eigenvalue weighted by atomic mass is 9.79. The lowest BCUT2D eigenvalue weighted by Gasteiger charge is -2.26. The zero-order chi connectivity index (χ0) is 12.5. The maximum Gasteiger partial charge on any atom is 0.123 e. The smallest absolute Gasteiger partial charge is 0.123 e. The van der Waals surface area contributed by atoms with Gasteiger partial charge in [-0.05, 0) is 36.0 Å². The zero-order valence-corrected chi connectivity index (χ0v) is 10.6. The van der Waals surface area contributed by atoms with Gasteiger partial charge in [0.05, 0.1) is 5.69 Å². The molecule has 2 aromatic rings. The molecule has 1 fully saturated rings. The van der Waals surface area contributed by atoms with Crippen molar-refractivity contribution >= 4 is 0 Å². The number of hydrogen-bond acceptors (Lipinski definition) is 2. The predicted octanol–water partition coefficient (Wildman–Crippen LogP) is 2.77. The van der Waals surface area contributed by atoms with Crippen LogP contribution in [0.25, 0.3) is 0 Å². The molecule has 1 aromatic heterocycles. The third-order valence-corrected chi connectivity index (χ3v) is 3.82. The fourth-order valence-corrected chi connectivity index (χ4v) is 2.47.